The molecule has 110 valence electrons. The number of rotatable bonds is 3. The highest BCUT2D eigenvalue weighted by Crippen LogP contribution is 2.32. The summed E-state index contributed by atoms with van der Waals surface area (Å²) in [5.41, 5.74) is 2.65. The molecule has 2 atom stereocenters. The van der Waals surface area contributed by atoms with Crippen LogP contribution in [0.15, 0.2) is 18.2 Å². The van der Waals surface area contributed by atoms with E-state index in [9.17, 15) is 0 Å². The maximum absolute atomic E-state index is 6.16. The van der Waals surface area contributed by atoms with Crippen LogP contribution < -0.4 is 10.2 Å². The van der Waals surface area contributed by atoms with E-state index in [0.717, 1.165) is 24.2 Å². The number of piperazine rings is 1. The average Bonchev–Trinajstić information content (AvgIpc) is 2.86. The minimum Gasteiger partial charge on any atom is -0.366 e. The largest absolute Gasteiger partial charge is 0.366 e. The molecule has 1 N–H and O–H groups in total. The SMILES string of the molecule is CNCc1cc(Cl)ccc1N1CC2CCCN2CC1C. The topological polar surface area (TPSA) is 18.5 Å². The zero-order valence-corrected chi connectivity index (χ0v) is 13.2. The van der Waals surface area contributed by atoms with Crippen molar-refractivity contribution in [2.45, 2.75) is 38.4 Å². The van der Waals surface area contributed by atoms with Gasteiger partial charge in [-0.15, -0.1) is 0 Å². The predicted molar refractivity (Wildman–Crippen MR) is 85.6 cm³/mol. The number of benzene rings is 1. The van der Waals surface area contributed by atoms with Crippen molar-refractivity contribution >= 4 is 17.3 Å². The van der Waals surface area contributed by atoms with Gasteiger partial charge in [-0.05, 0) is 57.1 Å². The van der Waals surface area contributed by atoms with Crippen LogP contribution >= 0.6 is 11.6 Å². The molecule has 1 aromatic rings. The third kappa shape index (κ3) is 2.67. The van der Waals surface area contributed by atoms with Crippen LogP contribution in [0.1, 0.15) is 25.3 Å². The Kier molecular flexibility index (Phi) is 4.20. The standard InChI is InChI=1S/C16H24ClN3/c1-12-10-19-7-3-4-15(19)11-20(12)16-6-5-14(17)8-13(16)9-18-2/h5-6,8,12,15,18H,3-4,7,9-11H2,1-2H3. The summed E-state index contributed by atoms with van der Waals surface area (Å²) in [6.45, 7) is 6.83. The van der Waals surface area contributed by atoms with Crippen LogP contribution in [-0.2, 0) is 6.54 Å². The molecular formula is C16H24ClN3. The summed E-state index contributed by atoms with van der Waals surface area (Å²) in [5.74, 6) is 0. The zero-order valence-electron chi connectivity index (χ0n) is 12.4. The summed E-state index contributed by atoms with van der Waals surface area (Å²) in [5, 5.41) is 4.08. The molecule has 2 aliphatic rings. The number of hydrogen-bond acceptors (Lipinski definition) is 3. The lowest BCUT2D eigenvalue weighted by Gasteiger charge is -2.44. The molecule has 0 radical (unpaired) electrons. The van der Waals surface area contributed by atoms with E-state index in [1.54, 1.807) is 0 Å². The molecule has 20 heavy (non-hydrogen) atoms. The summed E-state index contributed by atoms with van der Waals surface area (Å²) in [4.78, 5) is 5.24. The predicted octanol–water partition coefficient (Wildman–Crippen LogP) is 2.73. The summed E-state index contributed by atoms with van der Waals surface area (Å²) < 4.78 is 0. The molecule has 2 fully saturated rings. The minimum absolute atomic E-state index is 0.570. The summed E-state index contributed by atoms with van der Waals surface area (Å²) >= 11 is 6.16. The van der Waals surface area contributed by atoms with Gasteiger partial charge in [-0.1, -0.05) is 11.6 Å². The second kappa shape index (κ2) is 5.92. The number of nitrogens with one attached hydrogen (secondary N) is 1. The van der Waals surface area contributed by atoms with Gasteiger partial charge in [0.25, 0.3) is 0 Å². The van der Waals surface area contributed by atoms with E-state index >= 15 is 0 Å². The number of fused-ring (bicyclic) bond motifs is 1. The van der Waals surface area contributed by atoms with E-state index in [1.807, 2.05) is 13.1 Å². The molecule has 0 spiro atoms. The van der Waals surface area contributed by atoms with Crippen molar-refractivity contribution in [3.05, 3.63) is 28.8 Å². The third-order valence-electron chi connectivity index (χ3n) is 4.66. The van der Waals surface area contributed by atoms with Gasteiger partial charge in [0.15, 0.2) is 0 Å². The fraction of sp³-hybridized carbons (Fsp3) is 0.625. The molecule has 0 aliphatic carbocycles. The van der Waals surface area contributed by atoms with E-state index in [-0.39, 0.29) is 0 Å². The maximum Gasteiger partial charge on any atom is 0.0416 e. The van der Waals surface area contributed by atoms with Crippen molar-refractivity contribution in [3.8, 4) is 0 Å². The average molecular weight is 294 g/mol. The van der Waals surface area contributed by atoms with E-state index in [0.29, 0.717) is 6.04 Å². The van der Waals surface area contributed by atoms with Crippen LogP contribution in [0.4, 0.5) is 5.69 Å². The molecule has 3 nitrogen and oxygen atoms in total. The Bertz CT molecular complexity index is 477. The van der Waals surface area contributed by atoms with Crippen molar-refractivity contribution < 1.29 is 0 Å². The number of hydrogen-bond donors (Lipinski definition) is 1. The fourth-order valence-corrected chi connectivity index (χ4v) is 3.88. The first-order valence-corrected chi connectivity index (χ1v) is 8.00. The van der Waals surface area contributed by atoms with Crippen molar-refractivity contribution in [2.75, 3.05) is 31.6 Å². The van der Waals surface area contributed by atoms with Gasteiger partial charge < -0.3 is 10.2 Å². The van der Waals surface area contributed by atoms with Crippen LogP contribution in [0.25, 0.3) is 0 Å². The van der Waals surface area contributed by atoms with E-state index in [2.05, 4.69) is 34.2 Å². The summed E-state index contributed by atoms with van der Waals surface area (Å²) in [7, 11) is 1.99. The molecule has 0 amide bonds. The van der Waals surface area contributed by atoms with Crippen LogP contribution in [-0.4, -0.2) is 43.7 Å². The van der Waals surface area contributed by atoms with Crippen LogP contribution in [0.5, 0.6) is 0 Å². The van der Waals surface area contributed by atoms with Crippen LogP contribution in [0.2, 0.25) is 5.02 Å². The molecule has 0 saturated carbocycles. The third-order valence-corrected chi connectivity index (χ3v) is 4.89. The molecule has 0 aromatic heterocycles. The lowest BCUT2D eigenvalue weighted by molar-refractivity contribution is 0.203. The number of anilines is 1. The number of nitrogens with zero attached hydrogens (tertiary/aromatic N) is 2. The Hall–Kier alpha value is -0.770. The summed E-state index contributed by atoms with van der Waals surface area (Å²) in [6, 6.07) is 7.62. The lowest BCUT2D eigenvalue weighted by Crippen LogP contribution is -2.55. The van der Waals surface area contributed by atoms with Crippen LogP contribution in [0, 0.1) is 0 Å². The number of halogens is 1. The van der Waals surface area contributed by atoms with Crippen molar-refractivity contribution in [1.29, 1.82) is 0 Å². The Morgan fingerprint density at radius 2 is 2.20 bits per heavy atom. The van der Waals surface area contributed by atoms with Gasteiger partial charge >= 0.3 is 0 Å². The fourth-order valence-electron chi connectivity index (χ4n) is 3.69. The Morgan fingerprint density at radius 3 is 3.00 bits per heavy atom. The van der Waals surface area contributed by atoms with E-state index in [1.165, 1.54) is 37.2 Å². The van der Waals surface area contributed by atoms with Gasteiger partial charge in [-0.25, -0.2) is 0 Å². The lowest BCUT2D eigenvalue weighted by atomic mass is 10.0. The highest BCUT2D eigenvalue weighted by molar-refractivity contribution is 6.30. The van der Waals surface area contributed by atoms with Gasteiger partial charge in [-0.2, -0.15) is 0 Å². The van der Waals surface area contributed by atoms with Crippen molar-refractivity contribution in [2.24, 2.45) is 0 Å². The highest BCUT2D eigenvalue weighted by atomic mass is 35.5. The van der Waals surface area contributed by atoms with Crippen molar-refractivity contribution in [3.63, 3.8) is 0 Å². The Balaban J connectivity index is 1.87. The van der Waals surface area contributed by atoms with Crippen LogP contribution in [0.3, 0.4) is 0 Å². The smallest absolute Gasteiger partial charge is 0.0416 e. The van der Waals surface area contributed by atoms with Gasteiger partial charge in [-0.3, -0.25) is 4.90 Å². The molecule has 2 saturated heterocycles. The normalized spacial score (nSPS) is 26.9. The first-order chi connectivity index (χ1) is 9.69. The van der Waals surface area contributed by atoms with Gasteiger partial charge in [0.05, 0.1) is 0 Å². The van der Waals surface area contributed by atoms with Gasteiger partial charge in [0.1, 0.15) is 0 Å². The van der Waals surface area contributed by atoms with E-state index < -0.39 is 0 Å². The minimum atomic E-state index is 0.570. The monoisotopic (exact) mass is 293 g/mol. The second-order valence-electron chi connectivity index (χ2n) is 6.10. The molecule has 4 heteroatoms. The summed E-state index contributed by atoms with van der Waals surface area (Å²) in [6.07, 6.45) is 2.70. The quantitative estimate of drug-likeness (QED) is 0.924. The Labute approximate surface area is 126 Å². The van der Waals surface area contributed by atoms with Gasteiger partial charge in [0, 0.05) is 42.4 Å². The highest BCUT2D eigenvalue weighted by Gasteiger charge is 2.34. The zero-order chi connectivity index (χ0) is 14.1. The Morgan fingerprint density at radius 1 is 1.35 bits per heavy atom. The molecule has 2 heterocycles. The van der Waals surface area contributed by atoms with Crippen molar-refractivity contribution in [1.82, 2.24) is 10.2 Å². The molecule has 1 aromatic carbocycles. The first kappa shape index (κ1) is 14.2. The van der Waals surface area contributed by atoms with Gasteiger partial charge in [0.2, 0.25) is 0 Å². The molecule has 2 aliphatic heterocycles. The second-order valence-corrected chi connectivity index (χ2v) is 6.53. The molecular weight excluding hydrogens is 270 g/mol. The maximum atomic E-state index is 6.16. The molecule has 3 rings (SSSR count). The first-order valence-electron chi connectivity index (χ1n) is 7.62. The molecule has 0 bridgehead atoms. The molecule has 2 unspecified atom stereocenters. The van der Waals surface area contributed by atoms with E-state index in [4.69, 9.17) is 11.6 Å².